The van der Waals surface area contributed by atoms with Crippen molar-refractivity contribution in [3.05, 3.63) is 35.4 Å². The molecule has 3 aliphatic heterocycles. The molecule has 1 aromatic rings. The number of rotatable bonds is 6. The van der Waals surface area contributed by atoms with Crippen LogP contribution >= 0.6 is 23.4 Å². The standard InChI is InChI=1S/C24H33ClF2N2O6S/c1-10(25)16(22-19(31)18(30)20(32)24(35-22)36-2)29-23(33)17-21-13(9-28-17)5-11(3-4-34-21)12-6-14(26)8-15(27)7-12/h6-8,10-11,13,16-22,24,28,30-32H,3-5,9H2,1-2H3,(H,29,33)/t10-,11-,13-,16+,17-,18+,19?,20+,21+,22+,24?/m0/s1. The molecule has 0 spiro atoms. The van der Waals surface area contributed by atoms with Gasteiger partial charge in [-0.1, -0.05) is 0 Å². The Morgan fingerprint density at radius 3 is 2.53 bits per heavy atom. The molecule has 8 nitrogen and oxygen atoms in total. The molecule has 3 fully saturated rings. The minimum absolute atomic E-state index is 0.0548. The first-order valence-corrected chi connectivity index (χ1v) is 13.8. The molecule has 3 heterocycles. The second-order valence-corrected chi connectivity index (χ2v) is 11.4. The van der Waals surface area contributed by atoms with Gasteiger partial charge in [0.15, 0.2) is 0 Å². The van der Waals surface area contributed by atoms with E-state index in [4.69, 9.17) is 21.1 Å². The number of aliphatic hydroxyl groups excluding tert-OH is 3. The maximum absolute atomic E-state index is 13.8. The Hall–Kier alpha value is -1.05. The van der Waals surface area contributed by atoms with Gasteiger partial charge in [-0.3, -0.25) is 4.79 Å². The van der Waals surface area contributed by atoms with E-state index in [2.05, 4.69) is 10.6 Å². The van der Waals surface area contributed by atoms with E-state index in [1.54, 1.807) is 13.2 Å². The maximum atomic E-state index is 13.8. The third-order valence-electron chi connectivity index (χ3n) is 7.39. The topological polar surface area (TPSA) is 120 Å². The first-order chi connectivity index (χ1) is 17.1. The molecule has 11 atom stereocenters. The second kappa shape index (κ2) is 11.8. The number of hydrogen-bond acceptors (Lipinski definition) is 8. The van der Waals surface area contributed by atoms with Gasteiger partial charge in [0.2, 0.25) is 5.91 Å². The van der Waals surface area contributed by atoms with Crippen molar-refractivity contribution in [3.8, 4) is 0 Å². The van der Waals surface area contributed by atoms with Crippen LogP contribution in [0.2, 0.25) is 0 Å². The van der Waals surface area contributed by atoms with Gasteiger partial charge < -0.3 is 35.4 Å². The van der Waals surface area contributed by atoms with Crippen molar-refractivity contribution < 1.29 is 38.4 Å². The third kappa shape index (κ3) is 5.83. The minimum Gasteiger partial charge on any atom is -0.388 e. The van der Waals surface area contributed by atoms with Crippen molar-refractivity contribution in [2.24, 2.45) is 5.92 Å². The van der Waals surface area contributed by atoms with E-state index in [-0.39, 0.29) is 11.8 Å². The summed E-state index contributed by atoms with van der Waals surface area (Å²) in [4.78, 5) is 13.3. The van der Waals surface area contributed by atoms with Crippen LogP contribution in [0.15, 0.2) is 18.2 Å². The number of benzene rings is 1. The summed E-state index contributed by atoms with van der Waals surface area (Å²) in [5, 5.41) is 36.4. The summed E-state index contributed by atoms with van der Waals surface area (Å²) in [6.45, 7) is 2.46. The Morgan fingerprint density at radius 2 is 1.89 bits per heavy atom. The van der Waals surface area contributed by atoms with Crippen LogP contribution in [0, 0.1) is 17.6 Å². The van der Waals surface area contributed by atoms with Gasteiger partial charge in [0.1, 0.15) is 47.5 Å². The third-order valence-corrected chi connectivity index (χ3v) is 8.52. The van der Waals surface area contributed by atoms with E-state index in [1.807, 2.05) is 0 Å². The summed E-state index contributed by atoms with van der Waals surface area (Å²) in [6, 6.07) is 1.97. The van der Waals surface area contributed by atoms with Gasteiger partial charge in [0, 0.05) is 25.1 Å². The van der Waals surface area contributed by atoms with Crippen molar-refractivity contribution >= 4 is 29.3 Å². The van der Waals surface area contributed by atoms with Gasteiger partial charge in [0.25, 0.3) is 0 Å². The zero-order valence-electron chi connectivity index (χ0n) is 20.0. The van der Waals surface area contributed by atoms with E-state index >= 15 is 0 Å². The Labute approximate surface area is 218 Å². The first kappa shape index (κ1) is 28.0. The number of thioether (sulfide) groups is 1. The molecule has 0 bridgehead atoms. The molecule has 1 amide bonds. The van der Waals surface area contributed by atoms with Crippen LogP contribution in [0.4, 0.5) is 8.78 Å². The molecule has 0 radical (unpaired) electrons. The number of alkyl halides is 1. The number of fused-ring (bicyclic) bond motifs is 1. The number of halogens is 3. The summed E-state index contributed by atoms with van der Waals surface area (Å²) in [5.74, 6) is -1.80. The van der Waals surface area contributed by atoms with Crippen molar-refractivity contribution in [2.75, 3.05) is 19.4 Å². The number of nitrogens with one attached hydrogen (secondary N) is 2. The molecular formula is C24H33ClF2N2O6S. The highest BCUT2D eigenvalue weighted by atomic mass is 35.5. The molecule has 12 heteroatoms. The van der Waals surface area contributed by atoms with Crippen LogP contribution in [0.5, 0.6) is 0 Å². The SMILES string of the molecule is CSC1O[C@H]([C@H](NC(=O)[C@H]2NC[C@@H]3C[C@@H](c4cc(F)cc(F)c4)CCO[C@H]32)[C@H](C)Cl)C(O)[C@@H](O)[C@H]1O. The molecule has 202 valence electrons. The maximum Gasteiger partial charge on any atom is 0.240 e. The van der Waals surface area contributed by atoms with Crippen LogP contribution in [-0.2, 0) is 14.3 Å². The summed E-state index contributed by atoms with van der Waals surface area (Å²) in [5.41, 5.74) is -0.222. The van der Waals surface area contributed by atoms with Crippen LogP contribution in [0.3, 0.4) is 0 Å². The Balaban J connectivity index is 1.45. The van der Waals surface area contributed by atoms with E-state index in [1.165, 1.54) is 23.9 Å². The fraction of sp³-hybridized carbons (Fsp3) is 0.708. The van der Waals surface area contributed by atoms with Crippen molar-refractivity contribution in [1.29, 1.82) is 0 Å². The molecule has 4 rings (SSSR count). The monoisotopic (exact) mass is 550 g/mol. The van der Waals surface area contributed by atoms with Gasteiger partial charge in [-0.25, -0.2) is 8.78 Å². The predicted molar refractivity (Wildman–Crippen MR) is 131 cm³/mol. The quantitative estimate of drug-likeness (QED) is 0.334. The first-order valence-electron chi connectivity index (χ1n) is 12.1. The highest BCUT2D eigenvalue weighted by molar-refractivity contribution is 7.99. The Morgan fingerprint density at radius 1 is 1.19 bits per heavy atom. The molecule has 3 saturated heterocycles. The molecule has 0 saturated carbocycles. The number of hydrogen-bond donors (Lipinski definition) is 5. The second-order valence-electron chi connectivity index (χ2n) is 9.79. The van der Waals surface area contributed by atoms with Crippen LogP contribution in [-0.4, -0.2) is 94.1 Å². The molecule has 3 aliphatic rings. The van der Waals surface area contributed by atoms with E-state index < -0.39 is 71.0 Å². The van der Waals surface area contributed by atoms with Crippen LogP contribution in [0.1, 0.15) is 31.2 Å². The summed E-state index contributed by atoms with van der Waals surface area (Å²) in [7, 11) is 0. The van der Waals surface area contributed by atoms with Gasteiger partial charge in [-0.2, -0.15) is 0 Å². The van der Waals surface area contributed by atoms with Crippen molar-refractivity contribution in [1.82, 2.24) is 10.6 Å². The van der Waals surface area contributed by atoms with Crippen molar-refractivity contribution in [3.63, 3.8) is 0 Å². The molecule has 2 unspecified atom stereocenters. The lowest BCUT2D eigenvalue weighted by Crippen LogP contribution is -2.65. The van der Waals surface area contributed by atoms with E-state index in [9.17, 15) is 28.9 Å². The average Bonchev–Trinajstić information content (AvgIpc) is 3.10. The Kier molecular flexibility index (Phi) is 9.15. The predicted octanol–water partition coefficient (Wildman–Crippen LogP) is 1.10. The van der Waals surface area contributed by atoms with Crippen LogP contribution < -0.4 is 10.6 Å². The zero-order valence-corrected chi connectivity index (χ0v) is 21.6. The highest BCUT2D eigenvalue weighted by Gasteiger charge is 2.49. The summed E-state index contributed by atoms with van der Waals surface area (Å²) < 4.78 is 39.4. The number of aliphatic hydroxyl groups is 3. The van der Waals surface area contributed by atoms with Gasteiger partial charge >= 0.3 is 0 Å². The molecular weight excluding hydrogens is 518 g/mol. The largest absolute Gasteiger partial charge is 0.388 e. The minimum atomic E-state index is -1.46. The fourth-order valence-corrected chi connectivity index (χ4v) is 6.38. The lowest BCUT2D eigenvalue weighted by molar-refractivity contribution is -0.205. The molecule has 1 aromatic carbocycles. The number of carbonyl (C=O) groups is 1. The fourth-order valence-electron chi connectivity index (χ4n) is 5.50. The van der Waals surface area contributed by atoms with E-state index in [0.717, 1.165) is 6.07 Å². The van der Waals surface area contributed by atoms with Gasteiger partial charge in [-0.15, -0.1) is 23.4 Å². The average molecular weight is 551 g/mol. The zero-order chi connectivity index (χ0) is 26.1. The Bertz CT molecular complexity index is 910. The van der Waals surface area contributed by atoms with Gasteiger partial charge in [0.05, 0.1) is 17.5 Å². The lowest BCUT2D eigenvalue weighted by atomic mass is 9.85. The molecule has 0 aromatic heterocycles. The molecule has 0 aliphatic carbocycles. The number of amides is 1. The van der Waals surface area contributed by atoms with Gasteiger partial charge in [-0.05, 0) is 49.6 Å². The van der Waals surface area contributed by atoms with Crippen LogP contribution in [0.25, 0.3) is 0 Å². The number of carbonyl (C=O) groups excluding carboxylic acids is 1. The highest BCUT2D eigenvalue weighted by Crippen LogP contribution is 2.37. The summed E-state index contributed by atoms with van der Waals surface area (Å²) >= 11 is 7.55. The van der Waals surface area contributed by atoms with E-state index in [0.29, 0.717) is 31.6 Å². The molecule has 5 N–H and O–H groups in total. The lowest BCUT2D eigenvalue weighted by Gasteiger charge is -2.44. The smallest absolute Gasteiger partial charge is 0.240 e. The number of ether oxygens (including phenoxy) is 2. The normalized spacial score (nSPS) is 38.6. The summed E-state index contributed by atoms with van der Waals surface area (Å²) in [6.07, 6.45) is -2.83. The molecule has 36 heavy (non-hydrogen) atoms. The van der Waals surface area contributed by atoms with Crippen molar-refractivity contribution in [2.45, 2.75) is 79.1 Å².